The second kappa shape index (κ2) is 38.0. The highest BCUT2D eigenvalue weighted by Crippen LogP contribution is 2.15. The molecular formula is C43H76O7. The van der Waals surface area contributed by atoms with E-state index in [1.165, 1.54) is 89.9 Å². The average Bonchev–Trinajstić information content (AvgIpc) is 3.10. The van der Waals surface area contributed by atoms with Crippen LogP contribution < -0.4 is 0 Å². The van der Waals surface area contributed by atoms with E-state index in [9.17, 15) is 24.9 Å². The number of carbonyl (C=O) groups excluding carboxylic acids is 2. The standard InChI is InChI=1S/C43H76O7/c1-3-5-7-8-9-10-11-12-13-14-15-16-17-18-22-25-29-35-43(48)50-41(37-44)38-49-42(47)36-30-34-40(46)33-28-24-21-19-20-23-27-32-39(45)31-26-6-4-2/h20-21,23-24,27-28,32-33,39-41,44-46H,3-19,22,25-26,29-31,34-38H2,1-2H3/b23-20-,24-21-,32-27+,33-28+/t39-,40-,41-/m0/s1. The molecule has 50 heavy (non-hydrogen) atoms. The molecule has 0 saturated heterocycles. The van der Waals surface area contributed by atoms with Gasteiger partial charge in [-0.15, -0.1) is 0 Å². The van der Waals surface area contributed by atoms with E-state index in [4.69, 9.17) is 9.47 Å². The zero-order chi connectivity index (χ0) is 36.8. The molecule has 290 valence electrons. The van der Waals surface area contributed by atoms with Crippen molar-refractivity contribution in [3.63, 3.8) is 0 Å². The van der Waals surface area contributed by atoms with Gasteiger partial charge in [-0.25, -0.2) is 0 Å². The van der Waals surface area contributed by atoms with Gasteiger partial charge in [0, 0.05) is 12.8 Å². The van der Waals surface area contributed by atoms with Crippen molar-refractivity contribution >= 4 is 11.9 Å². The van der Waals surface area contributed by atoms with Gasteiger partial charge in [0.2, 0.25) is 0 Å². The van der Waals surface area contributed by atoms with Crippen LogP contribution in [0.2, 0.25) is 0 Å². The van der Waals surface area contributed by atoms with Crippen LogP contribution in [0.25, 0.3) is 0 Å². The molecule has 0 aliphatic heterocycles. The molecule has 0 bridgehead atoms. The summed E-state index contributed by atoms with van der Waals surface area (Å²) in [6, 6.07) is 0. The first-order valence-corrected chi connectivity index (χ1v) is 20.4. The first-order valence-electron chi connectivity index (χ1n) is 20.4. The molecule has 0 aromatic heterocycles. The molecule has 7 nitrogen and oxygen atoms in total. The van der Waals surface area contributed by atoms with Crippen LogP contribution in [0.1, 0.15) is 181 Å². The second-order valence-corrected chi connectivity index (χ2v) is 13.8. The van der Waals surface area contributed by atoms with Gasteiger partial charge < -0.3 is 24.8 Å². The number of hydrogen-bond donors (Lipinski definition) is 3. The van der Waals surface area contributed by atoms with Crippen molar-refractivity contribution in [2.45, 2.75) is 199 Å². The van der Waals surface area contributed by atoms with Crippen LogP contribution in [0.3, 0.4) is 0 Å². The summed E-state index contributed by atoms with van der Waals surface area (Å²) < 4.78 is 10.5. The maximum Gasteiger partial charge on any atom is 0.306 e. The third-order valence-electron chi connectivity index (χ3n) is 8.83. The van der Waals surface area contributed by atoms with Gasteiger partial charge >= 0.3 is 11.9 Å². The Labute approximate surface area is 306 Å². The smallest absolute Gasteiger partial charge is 0.306 e. The van der Waals surface area contributed by atoms with Crippen molar-refractivity contribution in [2.75, 3.05) is 13.2 Å². The molecule has 0 spiro atoms. The number of hydrogen-bond acceptors (Lipinski definition) is 7. The van der Waals surface area contributed by atoms with Crippen LogP contribution in [-0.2, 0) is 19.1 Å². The Morgan fingerprint density at radius 2 is 0.960 bits per heavy atom. The first kappa shape index (κ1) is 47.8. The molecule has 3 N–H and O–H groups in total. The van der Waals surface area contributed by atoms with Gasteiger partial charge in [-0.2, -0.15) is 0 Å². The lowest BCUT2D eigenvalue weighted by atomic mass is 10.0. The number of unbranched alkanes of at least 4 members (excludes halogenated alkanes) is 18. The van der Waals surface area contributed by atoms with Crippen molar-refractivity contribution < 1.29 is 34.4 Å². The number of esters is 2. The van der Waals surface area contributed by atoms with Gasteiger partial charge in [-0.3, -0.25) is 9.59 Å². The highest BCUT2D eigenvalue weighted by atomic mass is 16.6. The Bertz CT molecular complexity index is 878. The van der Waals surface area contributed by atoms with E-state index in [1.54, 1.807) is 12.2 Å². The first-order chi connectivity index (χ1) is 24.4. The molecule has 0 saturated carbocycles. The number of ether oxygens (including phenoxy) is 2. The normalized spacial score (nSPS) is 13.9. The summed E-state index contributed by atoms with van der Waals surface area (Å²) in [5.41, 5.74) is 0. The Balaban J connectivity index is 3.77. The highest BCUT2D eigenvalue weighted by Gasteiger charge is 2.16. The molecule has 0 aromatic carbocycles. The lowest BCUT2D eigenvalue weighted by Crippen LogP contribution is -2.28. The van der Waals surface area contributed by atoms with Crippen LogP contribution >= 0.6 is 0 Å². The molecule has 0 unspecified atom stereocenters. The Hall–Kier alpha value is -2.22. The maximum absolute atomic E-state index is 12.2. The quantitative estimate of drug-likeness (QED) is 0.0338. The fourth-order valence-corrected chi connectivity index (χ4v) is 5.65. The number of rotatable bonds is 36. The van der Waals surface area contributed by atoms with E-state index in [2.05, 4.69) is 13.8 Å². The third kappa shape index (κ3) is 35.6. The molecular weight excluding hydrogens is 628 g/mol. The molecule has 0 aliphatic carbocycles. The minimum Gasteiger partial charge on any atom is -0.462 e. The maximum atomic E-state index is 12.2. The molecule has 0 heterocycles. The summed E-state index contributed by atoms with van der Waals surface area (Å²) in [6.45, 7) is 3.85. The van der Waals surface area contributed by atoms with E-state index in [1.807, 2.05) is 36.5 Å². The molecule has 3 atom stereocenters. The lowest BCUT2D eigenvalue weighted by molar-refractivity contribution is -0.161. The number of allylic oxidation sites excluding steroid dienone is 6. The van der Waals surface area contributed by atoms with Crippen LogP contribution in [0.15, 0.2) is 48.6 Å². The number of carbonyl (C=O) groups is 2. The molecule has 0 amide bonds. The van der Waals surface area contributed by atoms with Crippen LogP contribution in [0, 0.1) is 0 Å². The topological polar surface area (TPSA) is 113 Å². The molecule has 0 aromatic rings. The summed E-state index contributed by atoms with van der Waals surface area (Å²) in [6.07, 6.45) is 41.0. The molecule has 0 aliphatic rings. The van der Waals surface area contributed by atoms with Crippen LogP contribution in [0.4, 0.5) is 0 Å². The molecule has 0 rings (SSSR count). The summed E-state index contributed by atoms with van der Waals surface area (Å²) in [5.74, 6) is -0.816. The van der Waals surface area contributed by atoms with E-state index in [-0.39, 0.29) is 25.1 Å². The minimum atomic E-state index is -0.856. The summed E-state index contributed by atoms with van der Waals surface area (Å²) >= 11 is 0. The van der Waals surface area contributed by atoms with Crippen molar-refractivity contribution in [1.29, 1.82) is 0 Å². The molecule has 0 radical (unpaired) electrons. The van der Waals surface area contributed by atoms with Gasteiger partial charge in [-0.1, -0.05) is 184 Å². The Morgan fingerprint density at radius 3 is 1.44 bits per heavy atom. The summed E-state index contributed by atoms with van der Waals surface area (Å²) in [4.78, 5) is 24.3. The minimum absolute atomic E-state index is 0.137. The highest BCUT2D eigenvalue weighted by molar-refractivity contribution is 5.70. The van der Waals surface area contributed by atoms with Crippen LogP contribution in [-0.4, -0.2) is 58.8 Å². The van der Waals surface area contributed by atoms with E-state index in [0.29, 0.717) is 19.3 Å². The zero-order valence-corrected chi connectivity index (χ0v) is 32.1. The van der Waals surface area contributed by atoms with Crippen molar-refractivity contribution in [3.8, 4) is 0 Å². The van der Waals surface area contributed by atoms with Gasteiger partial charge in [-0.05, 0) is 32.1 Å². The Kier molecular flexibility index (Phi) is 36.3. The monoisotopic (exact) mass is 705 g/mol. The largest absolute Gasteiger partial charge is 0.462 e. The van der Waals surface area contributed by atoms with Gasteiger partial charge in [0.1, 0.15) is 6.61 Å². The number of aliphatic hydroxyl groups is 3. The predicted molar refractivity (Wildman–Crippen MR) is 208 cm³/mol. The Morgan fingerprint density at radius 1 is 0.540 bits per heavy atom. The molecule has 7 heteroatoms. The van der Waals surface area contributed by atoms with E-state index >= 15 is 0 Å². The van der Waals surface area contributed by atoms with Gasteiger partial charge in [0.25, 0.3) is 0 Å². The fraction of sp³-hybridized carbons (Fsp3) is 0.767. The average molecular weight is 705 g/mol. The van der Waals surface area contributed by atoms with Crippen molar-refractivity contribution in [3.05, 3.63) is 48.6 Å². The summed E-state index contributed by atoms with van der Waals surface area (Å²) in [5, 5.41) is 29.5. The van der Waals surface area contributed by atoms with Gasteiger partial charge in [0.15, 0.2) is 6.10 Å². The number of aliphatic hydroxyl groups excluding tert-OH is 3. The van der Waals surface area contributed by atoms with Crippen molar-refractivity contribution in [1.82, 2.24) is 0 Å². The SMILES string of the molecule is CCCCCCCCCCCCCCCCCCCC(=O)O[C@@H](CO)COC(=O)CCC[C@@H](O)/C=C/C=C\C/C=C\C=C\[C@@H](O)CCCCC. The van der Waals surface area contributed by atoms with E-state index in [0.717, 1.165) is 51.4 Å². The van der Waals surface area contributed by atoms with Crippen LogP contribution in [0.5, 0.6) is 0 Å². The van der Waals surface area contributed by atoms with E-state index < -0.39 is 24.8 Å². The van der Waals surface area contributed by atoms with Crippen molar-refractivity contribution in [2.24, 2.45) is 0 Å². The van der Waals surface area contributed by atoms with Gasteiger partial charge in [0.05, 0.1) is 18.8 Å². The fourth-order valence-electron chi connectivity index (χ4n) is 5.65. The lowest BCUT2D eigenvalue weighted by Gasteiger charge is -2.16. The predicted octanol–water partition coefficient (Wildman–Crippen LogP) is 10.6. The third-order valence-corrected chi connectivity index (χ3v) is 8.83. The second-order valence-electron chi connectivity index (χ2n) is 13.8. The summed E-state index contributed by atoms with van der Waals surface area (Å²) in [7, 11) is 0. The zero-order valence-electron chi connectivity index (χ0n) is 32.1. The molecule has 0 fully saturated rings.